The number of aryl methyl sites for hydroxylation is 1. The van der Waals surface area contributed by atoms with E-state index in [0.29, 0.717) is 30.4 Å². The molecule has 22 heavy (non-hydrogen) atoms. The van der Waals surface area contributed by atoms with Gasteiger partial charge in [-0.3, -0.25) is 4.79 Å². The molecular weight excluding hydrogens is 278 g/mol. The molecule has 1 aromatic carbocycles. The molecule has 0 radical (unpaired) electrons. The Bertz CT molecular complexity index is 501. The second kappa shape index (κ2) is 8.06. The van der Waals surface area contributed by atoms with Gasteiger partial charge in [-0.2, -0.15) is 0 Å². The lowest BCUT2D eigenvalue weighted by Gasteiger charge is -2.27. The zero-order valence-electron chi connectivity index (χ0n) is 13.9. The standard InChI is InChI=1S/C18H27NO3/c1-13-5-4-6-15(11-13)19-18(20)10-8-14-7-9-16(21-2)17(12-14)22-3/h7,9,12-13,15H,4-6,8,10-11H2,1-3H3,(H,19,20). The number of hydrogen-bond acceptors (Lipinski definition) is 3. The zero-order chi connectivity index (χ0) is 15.9. The Balaban J connectivity index is 1.83. The molecule has 4 heteroatoms. The number of methoxy groups -OCH3 is 2. The van der Waals surface area contributed by atoms with Gasteiger partial charge in [-0.1, -0.05) is 25.8 Å². The molecule has 1 amide bonds. The van der Waals surface area contributed by atoms with Gasteiger partial charge in [-0.05, 0) is 42.9 Å². The molecule has 1 aliphatic carbocycles. The van der Waals surface area contributed by atoms with Gasteiger partial charge < -0.3 is 14.8 Å². The molecule has 1 N–H and O–H groups in total. The molecule has 0 heterocycles. The summed E-state index contributed by atoms with van der Waals surface area (Å²) >= 11 is 0. The summed E-state index contributed by atoms with van der Waals surface area (Å²) in [7, 11) is 3.24. The first-order chi connectivity index (χ1) is 10.6. The van der Waals surface area contributed by atoms with Crippen LogP contribution in [-0.4, -0.2) is 26.2 Å². The van der Waals surface area contributed by atoms with E-state index in [1.165, 1.54) is 12.8 Å². The molecule has 0 saturated heterocycles. The van der Waals surface area contributed by atoms with E-state index in [1.54, 1.807) is 14.2 Å². The van der Waals surface area contributed by atoms with Crippen LogP contribution in [0.5, 0.6) is 11.5 Å². The molecule has 1 saturated carbocycles. The third kappa shape index (κ3) is 4.65. The van der Waals surface area contributed by atoms with Crippen LogP contribution in [0.4, 0.5) is 0 Å². The number of benzene rings is 1. The largest absolute Gasteiger partial charge is 0.493 e. The van der Waals surface area contributed by atoms with Crippen LogP contribution in [0, 0.1) is 5.92 Å². The summed E-state index contributed by atoms with van der Waals surface area (Å²) in [5.74, 6) is 2.30. The second-order valence-electron chi connectivity index (χ2n) is 6.23. The molecule has 0 aliphatic heterocycles. The van der Waals surface area contributed by atoms with E-state index >= 15 is 0 Å². The maximum Gasteiger partial charge on any atom is 0.220 e. The van der Waals surface area contributed by atoms with Gasteiger partial charge in [0, 0.05) is 12.5 Å². The molecule has 1 fully saturated rings. The van der Waals surface area contributed by atoms with E-state index in [-0.39, 0.29) is 5.91 Å². The van der Waals surface area contributed by atoms with Crippen molar-refractivity contribution in [1.29, 1.82) is 0 Å². The lowest BCUT2D eigenvalue weighted by Crippen LogP contribution is -2.38. The number of amides is 1. The van der Waals surface area contributed by atoms with E-state index in [2.05, 4.69) is 12.2 Å². The van der Waals surface area contributed by atoms with Crippen molar-refractivity contribution in [3.8, 4) is 11.5 Å². The first-order valence-corrected chi connectivity index (χ1v) is 8.12. The molecule has 2 rings (SSSR count). The summed E-state index contributed by atoms with van der Waals surface area (Å²) < 4.78 is 10.5. The average Bonchev–Trinajstić information content (AvgIpc) is 2.52. The van der Waals surface area contributed by atoms with Gasteiger partial charge in [0.25, 0.3) is 0 Å². The predicted octanol–water partition coefficient (Wildman–Crippen LogP) is 3.33. The van der Waals surface area contributed by atoms with Gasteiger partial charge in [0.05, 0.1) is 14.2 Å². The van der Waals surface area contributed by atoms with E-state index in [4.69, 9.17) is 9.47 Å². The highest BCUT2D eigenvalue weighted by atomic mass is 16.5. The number of rotatable bonds is 6. The Hall–Kier alpha value is -1.71. The van der Waals surface area contributed by atoms with Gasteiger partial charge in [0.15, 0.2) is 11.5 Å². The Morgan fingerprint density at radius 2 is 2.00 bits per heavy atom. The van der Waals surface area contributed by atoms with E-state index in [9.17, 15) is 4.79 Å². The van der Waals surface area contributed by atoms with Crippen LogP contribution in [0.25, 0.3) is 0 Å². The Morgan fingerprint density at radius 3 is 2.68 bits per heavy atom. The minimum atomic E-state index is 0.147. The highest BCUT2D eigenvalue weighted by molar-refractivity contribution is 5.76. The highest BCUT2D eigenvalue weighted by Gasteiger charge is 2.20. The van der Waals surface area contributed by atoms with Gasteiger partial charge >= 0.3 is 0 Å². The average molecular weight is 305 g/mol. The molecule has 1 aliphatic rings. The normalized spacial score (nSPS) is 21.2. The molecule has 1 aromatic rings. The molecule has 0 spiro atoms. The van der Waals surface area contributed by atoms with E-state index < -0.39 is 0 Å². The Kier molecular flexibility index (Phi) is 6.10. The zero-order valence-corrected chi connectivity index (χ0v) is 13.9. The minimum absolute atomic E-state index is 0.147. The van der Waals surface area contributed by atoms with Crippen molar-refractivity contribution in [2.45, 2.75) is 51.5 Å². The lowest BCUT2D eigenvalue weighted by molar-refractivity contribution is -0.122. The fourth-order valence-electron chi connectivity index (χ4n) is 3.16. The number of hydrogen-bond donors (Lipinski definition) is 1. The summed E-state index contributed by atoms with van der Waals surface area (Å²) in [6, 6.07) is 6.17. The number of carbonyl (C=O) groups is 1. The maximum absolute atomic E-state index is 12.1. The molecular formula is C18H27NO3. The van der Waals surface area contributed by atoms with Crippen molar-refractivity contribution in [3.05, 3.63) is 23.8 Å². The van der Waals surface area contributed by atoms with Gasteiger partial charge in [0.1, 0.15) is 0 Å². The van der Waals surface area contributed by atoms with Gasteiger partial charge in [-0.25, -0.2) is 0 Å². The smallest absolute Gasteiger partial charge is 0.220 e. The van der Waals surface area contributed by atoms with Crippen LogP contribution in [0.2, 0.25) is 0 Å². The van der Waals surface area contributed by atoms with Crippen LogP contribution < -0.4 is 14.8 Å². The quantitative estimate of drug-likeness (QED) is 0.877. The van der Waals surface area contributed by atoms with Crippen molar-refractivity contribution >= 4 is 5.91 Å². The van der Waals surface area contributed by atoms with Crippen LogP contribution in [-0.2, 0) is 11.2 Å². The summed E-state index contributed by atoms with van der Waals surface area (Å²) in [5, 5.41) is 3.18. The topological polar surface area (TPSA) is 47.6 Å². The predicted molar refractivity (Wildman–Crippen MR) is 87.4 cm³/mol. The molecule has 2 unspecified atom stereocenters. The van der Waals surface area contributed by atoms with Gasteiger partial charge in [0.2, 0.25) is 5.91 Å². The number of carbonyl (C=O) groups excluding carboxylic acids is 1. The third-order valence-corrected chi connectivity index (χ3v) is 4.39. The van der Waals surface area contributed by atoms with E-state index in [0.717, 1.165) is 24.3 Å². The van der Waals surface area contributed by atoms with Gasteiger partial charge in [-0.15, -0.1) is 0 Å². The first kappa shape index (κ1) is 16.7. The molecule has 0 bridgehead atoms. The molecule has 2 atom stereocenters. The lowest BCUT2D eigenvalue weighted by atomic mass is 9.87. The number of nitrogens with one attached hydrogen (secondary N) is 1. The van der Waals surface area contributed by atoms with Crippen molar-refractivity contribution < 1.29 is 14.3 Å². The SMILES string of the molecule is COc1ccc(CCC(=O)NC2CCCC(C)C2)cc1OC. The van der Waals surface area contributed by atoms with Crippen molar-refractivity contribution in [3.63, 3.8) is 0 Å². The maximum atomic E-state index is 12.1. The third-order valence-electron chi connectivity index (χ3n) is 4.39. The first-order valence-electron chi connectivity index (χ1n) is 8.12. The van der Waals surface area contributed by atoms with Crippen molar-refractivity contribution in [2.75, 3.05) is 14.2 Å². The van der Waals surface area contributed by atoms with Crippen molar-refractivity contribution in [2.24, 2.45) is 5.92 Å². The van der Waals surface area contributed by atoms with Crippen LogP contribution in [0.3, 0.4) is 0 Å². The van der Waals surface area contributed by atoms with E-state index in [1.807, 2.05) is 18.2 Å². The second-order valence-corrected chi connectivity index (χ2v) is 6.23. The monoisotopic (exact) mass is 305 g/mol. The minimum Gasteiger partial charge on any atom is -0.493 e. The highest BCUT2D eigenvalue weighted by Crippen LogP contribution is 2.28. The summed E-state index contributed by atoms with van der Waals surface area (Å²) in [4.78, 5) is 12.1. The fourth-order valence-corrected chi connectivity index (χ4v) is 3.16. The van der Waals surface area contributed by atoms with Crippen LogP contribution in [0.15, 0.2) is 18.2 Å². The molecule has 0 aromatic heterocycles. The molecule has 4 nitrogen and oxygen atoms in total. The summed E-state index contributed by atoms with van der Waals surface area (Å²) in [6.45, 7) is 2.27. The summed E-state index contributed by atoms with van der Waals surface area (Å²) in [6.07, 6.45) is 5.98. The van der Waals surface area contributed by atoms with Crippen molar-refractivity contribution in [1.82, 2.24) is 5.32 Å². The molecule has 122 valence electrons. The van der Waals surface area contributed by atoms with Crippen LogP contribution in [0.1, 0.15) is 44.6 Å². The Labute approximate surface area is 133 Å². The number of ether oxygens (including phenoxy) is 2. The fraction of sp³-hybridized carbons (Fsp3) is 0.611. The summed E-state index contributed by atoms with van der Waals surface area (Å²) in [5.41, 5.74) is 1.09. The van der Waals surface area contributed by atoms with Crippen LogP contribution >= 0.6 is 0 Å². The Morgan fingerprint density at radius 1 is 1.23 bits per heavy atom.